The maximum atomic E-state index is 9.88. The number of ether oxygens (including phenoxy) is 1. The molecule has 3 rings (SSSR count). The molecular weight excluding hydrogens is 312 g/mol. The maximum absolute atomic E-state index is 9.88. The lowest BCUT2D eigenvalue weighted by Crippen LogP contribution is -2.46. The molecule has 1 fully saturated rings. The lowest BCUT2D eigenvalue weighted by molar-refractivity contribution is 0.0308. The van der Waals surface area contributed by atoms with Crippen molar-refractivity contribution in [3.05, 3.63) is 48.0 Å². The minimum atomic E-state index is -0.385. The Morgan fingerprint density at radius 1 is 1.16 bits per heavy atom. The Labute approximate surface area is 150 Å². The number of fused-ring (bicyclic) bond motifs is 1. The summed E-state index contributed by atoms with van der Waals surface area (Å²) in [6.45, 7) is 5.44. The molecule has 136 valence electrons. The lowest BCUT2D eigenvalue weighted by Gasteiger charge is -2.35. The first-order valence-electron chi connectivity index (χ1n) is 9.30. The van der Waals surface area contributed by atoms with E-state index in [1.54, 1.807) is 7.11 Å². The first kappa shape index (κ1) is 18.3. The summed E-state index contributed by atoms with van der Waals surface area (Å²) in [7, 11) is 1.63. The van der Waals surface area contributed by atoms with E-state index in [0.717, 1.165) is 25.9 Å². The fourth-order valence-electron chi connectivity index (χ4n) is 3.90. The average Bonchev–Trinajstić information content (AvgIpc) is 2.63. The number of benzene rings is 2. The Morgan fingerprint density at radius 2 is 1.88 bits per heavy atom. The van der Waals surface area contributed by atoms with Crippen molar-refractivity contribution in [2.45, 2.75) is 38.0 Å². The number of nitrogens with one attached hydrogen (secondary N) is 1. The molecule has 0 amide bonds. The van der Waals surface area contributed by atoms with E-state index in [9.17, 15) is 5.11 Å². The molecule has 1 aliphatic rings. The third-order valence-electron chi connectivity index (χ3n) is 5.19. The Kier molecular flexibility index (Phi) is 6.43. The van der Waals surface area contributed by atoms with Crippen LogP contribution >= 0.6 is 0 Å². The number of aliphatic hydroxyl groups is 1. The van der Waals surface area contributed by atoms with Crippen molar-refractivity contribution >= 4 is 10.8 Å². The molecule has 0 aromatic heterocycles. The van der Waals surface area contributed by atoms with Gasteiger partial charge in [0, 0.05) is 25.7 Å². The third kappa shape index (κ3) is 4.79. The van der Waals surface area contributed by atoms with Gasteiger partial charge in [0.1, 0.15) is 0 Å². The van der Waals surface area contributed by atoms with Crippen LogP contribution in [0.2, 0.25) is 0 Å². The predicted molar refractivity (Wildman–Crippen MR) is 103 cm³/mol. The topological polar surface area (TPSA) is 44.7 Å². The maximum Gasteiger partial charge on any atom is 0.0900 e. The van der Waals surface area contributed by atoms with Gasteiger partial charge in [0.15, 0.2) is 0 Å². The van der Waals surface area contributed by atoms with Crippen LogP contribution in [0.5, 0.6) is 0 Å². The summed E-state index contributed by atoms with van der Waals surface area (Å²) in [5.41, 5.74) is 1.37. The van der Waals surface area contributed by atoms with E-state index >= 15 is 0 Å². The van der Waals surface area contributed by atoms with E-state index < -0.39 is 0 Å². The van der Waals surface area contributed by atoms with Gasteiger partial charge in [-0.05, 0) is 49.2 Å². The molecule has 1 saturated heterocycles. The summed E-state index contributed by atoms with van der Waals surface area (Å²) in [4.78, 5) is 2.34. The SMILES string of the molecule is COCC(O)CN1CCC(NC(C)c2cccc3ccccc23)CC1. The van der Waals surface area contributed by atoms with E-state index in [-0.39, 0.29) is 6.10 Å². The number of aliphatic hydroxyl groups excluding tert-OH is 1. The minimum Gasteiger partial charge on any atom is -0.389 e. The minimum absolute atomic E-state index is 0.335. The first-order valence-corrected chi connectivity index (χ1v) is 9.30. The van der Waals surface area contributed by atoms with E-state index in [1.807, 2.05) is 0 Å². The van der Waals surface area contributed by atoms with Gasteiger partial charge in [0.25, 0.3) is 0 Å². The molecule has 1 heterocycles. The number of nitrogens with zero attached hydrogens (tertiary/aromatic N) is 1. The second-order valence-electron chi connectivity index (χ2n) is 7.14. The summed E-state index contributed by atoms with van der Waals surface area (Å²) in [5.74, 6) is 0. The van der Waals surface area contributed by atoms with Crippen LogP contribution in [0.15, 0.2) is 42.5 Å². The average molecular weight is 342 g/mol. The predicted octanol–water partition coefficient (Wildman–Crippen LogP) is 2.96. The van der Waals surface area contributed by atoms with Gasteiger partial charge in [-0.15, -0.1) is 0 Å². The fourth-order valence-corrected chi connectivity index (χ4v) is 3.90. The highest BCUT2D eigenvalue weighted by Crippen LogP contribution is 2.25. The number of rotatable bonds is 7. The zero-order chi connectivity index (χ0) is 17.6. The van der Waals surface area contributed by atoms with Crippen LogP contribution in [-0.4, -0.2) is 55.5 Å². The molecule has 2 N–H and O–H groups in total. The van der Waals surface area contributed by atoms with Crippen molar-refractivity contribution in [1.29, 1.82) is 0 Å². The molecular formula is C21H30N2O2. The van der Waals surface area contributed by atoms with Crippen LogP contribution in [-0.2, 0) is 4.74 Å². The summed E-state index contributed by atoms with van der Waals surface area (Å²) in [5, 5.41) is 16.3. The van der Waals surface area contributed by atoms with Crippen LogP contribution in [0.25, 0.3) is 10.8 Å². The Morgan fingerprint density at radius 3 is 2.64 bits per heavy atom. The van der Waals surface area contributed by atoms with Gasteiger partial charge in [-0.2, -0.15) is 0 Å². The number of hydrogen-bond acceptors (Lipinski definition) is 4. The molecule has 0 saturated carbocycles. The van der Waals surface area contributed by atoms with Crippen molar-refractivity contribution in [3.8, 4) is 0 Å². The van der Waals surface area contributed by atoms with Crippen molar-refractivity contribution < 1.29 is 9.84 Å². The van der Waals surface area contributed by atoms with Crippen LogP contribution in [0.3, 0.4) is 0 Å². The van der Waals surface area contributed by atoms with E-state index in [4.69, 9.17) is 4.74 Å². The number of hydrogen-bond donors (Lipinski definition) is 2. The fraction of sp³-hybridized carbons (Fsp3) is 0.524. The van der Waals surface area contributed by atoms with Gasteiger partial charge in [-0.3, -0.25) is 0 Å². The van der Waals surface area contributed by atoms with Gasteiger partial charge in [-0.1, -0.05) is 42.5 Å². The largest absolute Gasteiger partial charge is 0.389 e. The molecule has 2 aromatic carbocycles. The molecule has 2 unspecified atom stereocenters. The van der Waals surface area contributed by atoms with Gasteiger partial charge in [0.05, 0.1) is 12.7 Å². The van der Waals surface area contributed by atoms with E-state index in [0.29, 0.717) is 25.2 Å². The number of piperidine rings is 1. The molecule has 2 atom stereocenters. The van der Waals surface area contributed by atoms with Gasteiger partial charge in [0.2, 0.25) is 0 Å². The molecule has 0 radical (unpaired) electrons. The summed E-state index contributed by atoms with van der Waals surface area (Å²) >= 11 is 0. The van der Waals surface area contributed by atoms with Crippen LogP contribution in [0.4, 0.5) is 0 Å². The molecule has 4 heteroatoms. The highest BCUT2D eigenvalue weighted by molar-refractivity contribution is 5.86. The smallest absolute Gasteiger partial charge is 0.0900 e. The number of likely N-dealkylation sites (tertiary alicyclic amines) is 1. The zero-order valence-electron chi connectivity index (χ0n) is 15.3. The summed E-state index contributed by atoms with van der Waals surface area (Å²) in [6.07, 6.45) is 1.85. The molecule has 0 bridgehead atoms. The highest BCUT2D eigenvalue weighted by Gasteiger charge is 2.22. The Balaban J connectivity index is 1.55. The van der Waals surface area contributed by atoms with Crippen molar-refractivity contribution in [2.75, 3.05) is 33.4 Å². The van der Waals surface area contributed by atoms with Gasteiger partial charge >= 0.3 is 0 Å². The van der Waals surface area contributed by atoms with Crippen molar-refractivity contribution in [1.82, 2.24) is 10.2 Å². The first-order chi connectivity index (χ1) is 12.2. The molecule has 0 spiro atoms. The molecule has 25 heavy (non-hydrogen) atoms. The van der Waals surface area contributed by atoms with Crippen LogP contribution in [0.1, 0.15) is 31.4 Å². The number of β-amino-alcohol motifs (C(OH)–C–C–N with tert-alkyl or cyclic N) is 1. The highest BCUT2D eigenvalue weighted by atomic mass is 16.5. The molecule has 1 aliphatic heterocycles. The van der Waals surface area contributed by atoms with Gasteiger partial charge in [-0.25, -0.2) is 0 Å². The van der Waals surface area contributed by atoms with Crippen molar-refractivity contribution in [3.63, 3.8) is 0 Å². The molecule has 2 aromatic rings. The summed E-state index contributed by atoms with van der Waals surface area (Å²) in [6, 6.07) is 16.0. The molecule has 4 nitrogen and oxygen atoms in total. The summed E-state index contributed by atoms with van der Waals surface area (Å²) < 4.78 is 5.01. The third-order valence-corrected chi connectivity index (χ3v) is 5.19. The monoisotopic (exact) mass is 342 g/mol. The quantitative estimate of drug-likeness (QED) is 0.812. The van der Waals surface area contributed by atoms with E-state index in [2.05, 4.69) is 59.6 Å². The van der Waals surface area contributed by atoms with E-state index in [1.165, 1.54) is 16.3 Å². The van der Waals surface area contributed by atoms with Crippen molar-refractivity contribution in [2.24, 2.45) is 0 Å². The second kappa shape index (κ2) is 8.77. The van der Waals surface area contributed by atoms with Crippen LogP contribution in [0, 0.1) is 0 Å². The molecule has 0 aliphatic carbocycles. The Hall–Kier alpha value is -1.46. The second-order valence-corrected chi connectivity index (χ2v) is 7.14. The van der Waals surface area contributed by atoms with Crippen LogP contribution < -0.4 is 5.32 Å². The Bertz CT molecular complexity index is 662. The normalized spacial score (nSPS) is 19.2. The lowest BCUT2D eigenvalue weighted by atomic mass is 9.97. The number of methoxy groups -OCH3 is 1. The standard InChI is InChI=1S/C21H30N2O2/c1-16(20-9-5-7-17-6-3-4-8-21(17)20)22-18-10-12-23(13-11-18)14-19(24)15-25-2/h3-9,16,18-19,22,24H,10-15H2,1-2H3. The zero-order valence-corrected chi connectivity index (χ0v) is 15.3. The van der Waals surface area contributed by atoms with Gasteiger partial charge < -0.3 is 20.1 Å².